The summed E-state index contributed by atoms with van der Waals surface area (Å²) in [6.45, 7) is 3.25. The first kappa shape index (κ1) is 22.9. The number of rotatable bonds is 10. The second-order valence-electron chi connectivity index (χ2n) is 6.61. The molecule has 0 unspecified atom stereocenters. The van der Waals surface area contributed by atoms with Gasteiger partial charge in [-0.3, -0.25) is 14.4 Å². The molecule has 0 fully saturated rings. The van der Waals surface area contributed by atoms with Crippen LogP contribution >= 0.6 is 0 Å². The van der Waals surface area contributed by atoms with E-state index in [1.165, 1.54) is 0 Å². The number of aliphatic carboxylic acids is 1. The maximum atomic E-state index is 12.5. The summed E-state index contributed by atoms with van der Waals surface area (Å²) < 4.78 is 9.72. The summed E-state index contributed by atoms with van der Waals surface area (Å²) in [6, 6.07) is 11.5. The number of benzene rings is 2. The molecule has 2 aromatic rings. The van der Waals surface area contributed by atoms with E-state index in [-0.39, 0.29) is 19.6 Å². The molecule has 0 spiro atoms. The van der Waals surface area contributed by atoms with Crippen molar-refractivity contribution in [3.8, 4) is 0 Å². The molecule has 2 rings (SSSR count). The third-order valence-corrected chi connectivity index (χ3v) is 4.44. The molecule has 0 aromatic heterocycles. The van der Waals surface area contributed by atoms with E-state index in [9.17, 15) is 24.3 Å². The standard InChI is InChI=1S/C22H25NO7/c1-3-29-19(25)13-17(22(28)30-4-2)20(21(26)27)23-18(24)12-14-9-10-15-7-5-6-8-16(15)11-14/h5-11,17,20H,3-4,12-13H2,1-2H3,(H,23,24)(H,26,27)/t17-,20+/m1/s1. The zero-order valence-corrected chi connectivity index (χ0v) is 16.9. The predicted molar refractivity (Wildman–Crippen MR) is 109 cm³/mol. The van der Waals surface area contributed by atoms with Crippen molar-refractivity contribution in [2.45, 2.75) is 32.7 Å². The van der Waals surface area contributed by atoms with Crippen LogP contribution in [-0.4, -0.2) is 48.2 Å². The Morgan fingerprint density at radius 3 is 2.27 bits per heavy atom. The average Bonchev–Trinajstić information content (AvgIpc) is 2.70. The van der Waals surface area contributed by atoms with Gasteiger partial charge in [0.05, 0.1) is 32.0 Å². The van der Waals surface area contributed by atoms with E-state index < -0.39 is 42.2 Å². The third-order valence-electron chi connectivity index (χ3n) is 4.44. The molecular weight excluding hydrogens is 390 g/mol. The molecule has 0 bridgehead atoms. The Bertz CT molecular complexity index is 925. The quantitative estimate of drug-likeness (QED) is 0.570. The van der Waals surface area contributed by atoms with Gasteiger partial charge in [-0.2, -0.15) is 0 Å². The Hall–Kier alpha value is -3.42. The normalized spacial score (nSPS) is 12.6. The lowest BCUT2D eigenvalue weighted by Crippen LogP contribution is -2.50. The first-order valence-corrected chi connectivity index (χ1v) is 9.67. The molecule has 30 heavy (non-hydrogen) atoms. The van der Waals surface area contributed by atoms with Crippen LogP contribution in [0.1, 0.15) is 25.8 Å². The molecule has 1 amide bonds. The van der Waals surface area contributed by atoms with Crippen molar-refractivity contribution in [1.82, 2.24) is 5.32 Å². The molecule has 0 aliphatic carbocycles. The van der Waals surface area contributed by atoms with Crippen LogP contribution in [0.15, 0.2) is 42.5 Å². The van der Waals surface area contributed by atoms with E-state index in [0.717, 1.165) is 10.8 Å². The van der Waals surface area contributed by atoms with Gasteiger partial charge >= 0.3 is 17.9 Å². The summed E-state index contributed by atoms with van der Waals surface area (Å²) in [6.07, 6.45) is -0.594. The van der Waals surface area contributed by atoms with Crippen LogP contribution < -0.4 is 5.32 Å². The van der Waals surface area contributed by atoms with Crippen LogP contribution in [0, 0.1) is 5.92 Å². The molecule has 160 valence electrons. The number of amides is 1. The lowest BCUT2D eigenvalue weighted by atomic mass is 9.95. The van der Waals surface area contributed by atoms with Crippen molar-refractivity contribution in [3.63, 3.8) is 0 Å². The molecular formula is C22H25NO7. The molecule has 2 atom stereocenters. The third kappa shape index (κ3) is 6.30. The Balaban J connectivity index is 2.16. The molecule has 0 saturated carbocycles. The van der Waals surface area contributed by atoms with Gasteiger partial charge < -0.3 is 19.9 Å². The molecule has 0 saturated heterocycles. The van der Waals surface area contributed by atoms with Gasteiger partial charge in [-0.1, -0.05) is 42.5 Å². The Morgan fingerprint density at radius 1 is 0.967 bits per heavy atom. The number of esters is 2. The van der Waals surface area contributed by atoms with Crippen LogP contribution in [0.3, 0.4) is 0 Å². The first-order valence-electron chi connectivity index (χ1n) is 9.67. The van der Waals surface area contributed by atoms with Crippen molar-refractivity contribution >= 4 is 34.6 Å². The second kappa shape index (κ2) is 10.9. The number of carbonyl (C=O) groups is 4. The van der Waals surface area contributed by atoms with Crippen LogP contribution in [0.4, 0.5) is 0 Å². The minimum absolute atomic E-state index is 0.00946. The van der Waals surface area contributed by atoms with Gasteiger partial charge in [0.25, 0.3) is 0 Å². The maximum absolute atomic E-state index is 12.5. The Labute approximate surface area is 174 Å². The van der Waals surface area contributed by atoms with Crippen LogP contribution in [0.2, 0.25) is 0 Å². The van der Waals surface area contributed by atoms with Gasteiger partial charge in [0.15, 0.2) is 0 Å². The van der Waals surface area contributed by atoms with E-state index in [1.54, 1.807) is 19.9 Å². The minimum Gasteiger partial charge on any atom is -0.480 e. The molecule has 8 nitrogen and oxygen atoms in total. The average molecular weight is 415 g/mol. The molecule has 0 aliphatic heterocycles. The monoisotopic (exact) mass is 415 g/mol. The van der Waals surface area contributed by atoms with Crippen molar-refractivity contribution in [2.24, 2.45) is 5.92 Å². The van der Waals surface area contributed by atoms with E-state index in [0.29, 0.717) is 5.56 Å². The lowest BCUT2D eigenvalue weighted by Gasteiger charge is -2.23. The minimum atomic E-state index is -1.62. The topological polar surface area (TPSA) is 119 Å². The highest BCUT2D eigenvalue weighted by molar-refractivity contribution is 5.91. The summed E-state index contributed by atoms with van der Waals surface area (Å²) in [7, 11) is 0. The second-order valence-corrected chi connectivity index (χ2v) is 6.61. The fraction of sp³-hybridized carbons (Fsp3) is 0.364. The van der Waals surface area contributed by atoms with E-state index >= 15 is 0 Å². The van der Waals surface area contributed by atoms with Crippen LogP contribution in [0.5, 0.6) is 0 Å². The molecule has 8 heteroatoms. The number of hydrogen-bond acceptors (Lipinski definition) is 6. The Kier molecular flexibility index (Phi) is 8.34. The number of carbonyl (C=O) groups excluding carboxylic acids is 3. The van der Waals surface area contributed by atoms with Gasteiger partial charge in [0.1, 0.15) is 6.04 Å². The highest BCUT2D eigenvalue weighted by Gasteiger charge is 2.38. The van der Waals surface area contributed by atoms with Gasteiger partial charge in [0, 0.05) is 0 Å². The number of ether oxygens (including phenoxy) is 2. The number of carboxylic acids is 1. The first-order chi connectivity index (χ1) is 14.3. The molecule has 2 N–H and O–H groups in total. The summed E-state index contributed by atoms with van der Waals surface area (Å²) in [5.41, 5.74) is 0.688. The number of fused-ring (bicyclic) bond motifs is 1. The highest BCUT2D eigenvalue weighted by Crippen LogP contribution is 2.17. The summed E-state index contributed by atoms with van der Waals surface area (Å²) >= 11 is 0. The zero-order valence-electron chi connectivity index (χ0n) is 16.9. The summed E-state index contributed by atoms with van der Waals surface area (Å²) in [4.78, 5) is 48.4. The van der Waals surface area contributed by atoms with Crippen LogP contribution in [-0.2, 0) is 35.1 Å². The summed E-state index contributed by atoms with van der Waals surface area (Å²) in [5.74, 6) is -5.06. The molecule has 0 radical (unpaired) electrons. The van der Waals surface area contributed by atoms with Gasteiger partial charge in [-0.25, -0.2) is 4.79 Å². The largest absolute Gasteiger partial charge is 0.480 e. The fourth-order valence-corrected chi connectivity index (χ4v) is 3.08. The molecule has 2 aromatic carbocycles. The van der Waals surface area contributed by atoms with Crippen molar-refractivity contribution < 1.29 is 33.8 Å². The van der Waals surface area contributed by atoms with Gasteiger partial charge in [-0.05, 0) is 30.2 Å². The van der Waals surface area contributed by atoms with E-state index in [1.807, 2.05) is 36.4 Å². The number of nitrogens with one attached hydrogen (secondary N) is 1. The number of carboxylic acid groups (broad SMARTS) is 1. The van der Waals surface area contributed by atoms with E-state index in [4.69, 9.17) is 9.47 Å². The maximum Gasteiger partial charge on any atom is 0.327 e. The molecule has 0 aliphatic rings. The summed E-state index contributed by atoms with van der Waals surface area (Å²) in [5, 5.41) is 13.9. The van der Waals surface area contributed by atoms with Crippen LogP contribution in [0.25, 0.3) is 10.8 Å². The van der Waals surface area contributed by atoms with Crippen molar-refractivity contribution in [2.75, 3.05) is 13.2 Å². The highest BCUT2D eigenvalue weighted by atomic mass is 16.5. The predicted octanol–water partition coefficient (Wildman–Crippen LogP) is 2.08. The van der Waals surface area contributed by atoms with Gasteiger partial charge in [-0.15, -0.1) is 0 Å². The van der Waals surface area contributed by atoms with Crippen molar-refractivity contribution in [1.29, 1.82) is 0 Å². The lowest BCUT2D eigenvalue weighted by molar-refractivity contribution is -0.160. The number of hydrogen-bond donors (Lipinski definition) is 2. The molecule has 0 heterocycles. The Morgan fingerprint density at radius 2 is 1.63 bits per heavy atom. The van der Waals surface area contributed by atoms with Crippen molar-refractivity contribution in [3.05, 3.63) is 48.0 Å². The smallest absolute Gasteiger partial charge is 0.327 e. The fourth-order valence-electron chi connectivity index (χ4n) is 3.08. The van der Waals surface area contributed by atoms with E-state index in [2.05, 4.69) is 5.32 Å². The van der Waals surface area contributed by atoms with Gasteiger partial charge in [0.2, 0.25) is 5.91 Å². The SMILES string of the molecule is CCOC(=O)C[C@@H](C(=O)OCC)[C@H](NC(=O)Cc1ccc2ccccc2c1)C(=O)O. The zero-order chi connectivity index (χ0) is 22.1.